The molecule has 4 nitrogen and oxygen atoms in total. The monoisotopic (exact) mass is 347 g/mol. The van der Waals surface area contributed by atoms with Crippen molar-refractivity contribution in [3.63, 3.8) is 0 Å². The second-order valence-corrected chi connectivity index (χ2v) is 9.74. The molecule has 5 rings (SSSR count). The summed E-state index contributed by atoms with van der Waals surface area (Å²) in [5.41, 5.74) is 1.68. The molecule has 1 aliphatic heterocycles. The van der Waals surface area contributed by atoms with Gasteiger partial charge in [0.1, 0.15) is 0 Å². The number of ether oxygens (including phenoxy) is 2. The largest absolute Gasteiger partial charge is 0.411 e. The molecule has 4 heteroatoms. The van der Waals surface area contributed by atoms with Crippen molar-refractivity contribution in [2.75, 3.05) is 19.8 Å². The van der Waals surface area contributed by atoms with E-state index in [-0.39, 0.29) is 5.41 Å². The Morgan fingerprint density at radius 3 is 2.84 bits per heavy atom. The van der Waals surface area contributed by atoms with Gasteiger partial charge in [0.05, 0.1) is 31.6 Å². The Bertz CT molecular complexity index is 563. The van der Waals surface area contributed by atoms with E-state index in [0.717, 1.165) is 37.9 Å². The van der Waals surface area contributed by atoms with Gasteiger partial charge in [-0.3, -0.25) is 0 Å². The molecule has 7 atom stereocenters. The van der Waals surface area contributed by atoms with Crippen molar-refractivity contribution < 1.29 is 14.7 Å². The molecule has 1 saturated heterocycles. The van der Waals surface area contributed by atoms with Crippen molar-refractivity contribution in [2.45, 2.75) is 70.8 Å². The maximum Gasteiger partial charge on any atom is 0.0704 e. The van der Waals surface area contributed by atoms with Gasteiger partial charge in [-0.15, -0.1) is 0 Å². The van der Waals surface area contributed by atoms with Crippen molar-refractivity contribution in [2.24, 2.45) is 39.7 Å². The Labute approximate surface area is 151 Å². The fourth-order valence-electron chi connectivity index (χ4n) is 8.03. The zero-order valence-electron chi connectivity index (χ0n) is 15.6. The van der Waals surface area contributed by atoms with E-state index in [1.54, 1.807) is 0 Å². The van der Waals surface area contributed by atoms with E-state index in [9.17, 15) is 5.21 Å². The van der Waals surface area contributed by atoms with E-state index in [4.69, 9.17) is 9.47 Å². The highest BCUT2D eigenvalue weighted by molar-refractivity contribution is 5.88. The van der Waals surface area contributed by atoms with Gasteiger partial charge in [-0.05, 0) is 68.1 Å². The van der Waals surface area contributed by atoms with Crippen LogP contribution in [0.4, 0.5) is 0 Å². The van der Waals surface area contributed by atoms with Crippen LogP contribution in [0.1, 0.15) is 64.7 Å². The lowest BCUT2D eigenvalue weighted by molar-refractivity contribution is -0.117. The van der Waals surface area contributed by atoms with Crippen LogP contribution < -0.4 is 0 Å². The minimum atomic E-state index is 0.232. The predicted molar refractivity (Wildman–Crippen MR) is 95.8 cm³/mol. The maximum atomic E-state index is 9.79. The minimum Gasteiger partial charge on any atom is -0.411 e. The lowest BCUT2D eigenvalue weighted by Gasteiger charge is -2.60. The zero-order valence-corrected chi connectivity index (χ0v) is 15.6. The zero-order chi connectivity index (χ0) is 17.1. The van der Waals surface area contributed by atoms with Gasteiger partial charge in [0.15, 0.2) is 0 Å². The Hall–Kier alpha value is -0.610. The van der Waals surface area contributed by atoms with E-state index in [1.165, 1.54) is 51.4 Å². The first-order chi connectivity index (χ1) is 12.2. The molecule has 0 aromatic carbocycles. The molecular formula is C21H33NO3. The standard InChI is InChI=1S/C21H33NO3/c1-20-8-3-2-4-17(20)18(22-23)12-14-15(20)7-9-21-13-24-10-11-25-19(21)6-5-16(14)21/h14-17,19,23H,2-13H2,1H3/b22-18+/t14-,15+,16+,17?,19?,20-,21-/m1/s1. The summed E-state index contributed by atoms with van der Waals surface area (Å²) in [4.78, 5) is 0. The Morgan fingerprint density at radius 1 is 1.04 bits per heavy atom. The topological polar surface area (TPSA) is 51.1 Å². The minimum absolute atomic E-state index is 0.232. The maximum absolute atomic E-state index is 9.79. The van der Waals surface area contributed by atoms with Gasteiger partial charge >= 0.3 is 0 Å². The summed E-state index contributed by atoms with van der Waals surface area (Å²) in [6, 6.07) is 0. The van der Waals surface area contributed by atoms with Crippen LogP contribution in [0.25, 0.3) is 0 Å². The summed E-state index contributed by atoms with van der Waals surface area (Å²) in [6.07, 6.45) is 11.7. The molecular weight excluding hydrogens is 314 g/mol. The van der Waals surface area contributed by atoms with Crippen LogP contribution in [0.15, 0.2) is 5.16 Å². The molecule has 0 aromatic rings. The van der Waals surface area contributed by atoms with Crippen LogP contribution in [0.5, 0.6) is 0 Å². The molecule has 5 fully saturated rings. The molecule has 4 aliphatic carbocycles. The van der Waals surface area contributed by atoms with Gasteiger partial charge in [-0.1, -0.05) is 24.9 Å². The fourth-order valence-corrected chi connectivity index (χ4v) is 8.03. The molecule has 2 unspecified atom stereocenters. The summed E-state index contributed by atoms with van der Waals surface area (Å²) in [6.45, 7) is 4.92. The van der Waals surface area contributed by atoms with Gasteiger partial charge in [0.2, 0.25) is 0 Å². The summed E-state index contributed by atoms with van der Waals surface area (Å²) < 4.78 is 12.3. The van der Waals surface area contributed by atoms with Gasteiger partial charge < -0.3 is 14.7 Å². The average Bonchev–Trinajstić information content (AvgIpc) is 2.88. The predicted octanol–water partition coefficient (Wildman–Crippen LogP) is 4.25. The lowest BCUT2D eigenvalue weighted by Crippen LogP contribution is -2.57. The third-order valence-electron chi connectivity index (χ3n) is 9.07. The first kappa shape index (κ1) is 16.6. The van der Waals surface area contributed by atoms with Crippen LogP contribution in [0.3, 0.4) is 0 Å². The second kappa shape index (κ2) is 5.95. The first-order valence-electron chi connectivity index (χ1n) is 10.6. The Morgan fingerprint density at radius 2 is 1.96 bits per heavy atom. The number of nitrogens with zero attached hydrogens (tertiary/aromatic N) is 1. The molecule has 4 saturated carbocycles. The first-order valence-corrected chi connectivity index (χ1v) is 10.6. The van der Waals surface area contributed by atoms with Crippen LogP contribution in [-0.4, -0.2) is 36.8 Å². The van der Waals surface area contributed by atoms with Crippen LogP contribution in [-0.2, 0) is 9.47 Å². The molecule has 25 heavy (non-hydrogen) atoms. The van der Waals surface area contributed by atoms with Crippen molar-refractivity contribution in [1.82, 2.24) is 0 Å². The second-order valence-electron chi connectivity index (χ2n) is 9.74. The summed E-state index contributed by atoms with van der Waals surface area (Å²) >= 11 is 0. The molecule has 140 valence electrons. The third-order valence-corrected chi connectivity index (χ3v) is 9.07. The normalized spacial score (nSPS) is 54.1. The number of fused-ring (bicyclic) bond motifs is 4. The molecule has 5 aliphatic rings. The number of oxime groups is 1. The highest BCUT2D eigenvalue weighted by Gasteiger charge is 2.63. The summed E-state index contributed by atoms with van der Waals surface area (Å²) in [5, 5.41) is 13.6. The summed E-state index contributed by atoms with van der Waals surface area (Å²) in [5.74, 6) is 2.65. The third kappa shape index (κ3) is 2.22. The van der Waals surface area contributed by atoms with E-state index >= 15 is 0 Å². The van der Waals surface area contributed by atoms with Crippen molar-refractivity contribution in [3.05, 3.63) is 0 Å². The fraction of sp³-hybridized carbons (Fsp3) is 0.952. The van der Waals surface area contributed by atoms with Crippen LogP contribution in [0, 0.1) is 34.5 Å². The summed E-state index contributed by atoms with van der Waals surface area (Å²) in [7, 11) is 0. The highest BCUT2D eigenvalue weighted by Crippen LogP contribution is 2.66. The van der Waals surface area contributed by atoms with Crippen molar-refractivity contribution in [1.29, 1.82) is 0 Å². The van der Waals surface area contributed by atoms with Gasteiger partial charge in [-0.2, -0.15) is 0 Å². The molecule has 0 amide bonds. The highest BCUT2D eigenvalue weighted by atomic mass is 16.5. The quantitative estimate of drug-likeness (QED) is 0.526. The smallest absolute Gasteiger partial charge is 0.0704 e. The van der Waals surface area contributed by atoms with Crippen molar-refractivity contribution in [3.8, 4) is 0 Å². The Balaban J connectivity index is 1.51. The van der Waals surface area contributed by atoms with E-state index in [0.29, 0.717) is 29.3 Å². The number of hydrogen-bond donors (Lipinski definition) is 1. The molecule has 0 radical (unpaired) electrons. The molecule has 1 N–H and O–H groups in total. The molecule has 0 aromatic heterocycles. The van der Waals surface area contributed by atoms with Gasteiger partial charge in [-0.25, -0.2) is 0 Å². The van der Waals surface area contributed by atoms with Gasteiger partial charge in [0, 0.05) is 11.3 Å². The van der Waals surface area contributed by atoms with E-state index in [1.807, 2.05) is 0 Å². The van der Waals surface area contributed by atoms with Crippen LogP contribution >= 0.6 is 0 Å². The lowest BCUT2D eigenvalue weighted by atomic mass is 9.44. The molecule has 0 bridgehead atoms. The Kier molecular flexibility index (Phi) is 3.94. The molecule has 1 spiro atoms. The van der Waals surface area contributed by atoms with Crippen LogP contribution in [0.2, 0.25) is 0 Å². The average molecular weight is 347 g/mol. The number of hydrogen-bond acceptors (Lipinski definition) is 4. The van der Waals surface area contributed by atoms with E-state index in [2.05, 4.69) is 12.1 Å². The van der Waals surface area contributed by atoms with E-state index < -0.39 is 0 Å². The molecule has 1 heterocycles. The van der Waals surface area contributed by atoms with Gasteiger partial charge in [0.25, 0.3) is 0 Å². The number of rotatable bonds is 0. The SMILES string of the molecule is C[C@]12CCCCC1/C(=N/O)C[C@H]1[C@@H]3CCC4OCCOC[C@@]43CC[C@@H]12. The van der Waals surface area contributed by atoms with Crippen molar-refractivity contribution >= 4 is 5.71 Å².